The zero-order valence-electron chi connectivity index (χ0n) is 6.70. The second-order valence-corrected chi connectivity index (χ2v) is 4.03. The summed E-state index contributed by atoms with van der Waals surface area (Å²) in [5.74, 6) is -1.26. The third-order valence-electron chi connectivity index (χ3n) is 1.32. The first-order chi connectivity index (χ1) is 6.00. The average Bonchev–Trinajstić information content (AvgIpc) is 2.29. The Labute approximate surface area is 83.2 Å². The fourth-order valence-corrected chi connectivity index (χ4v) is 2.04. The van der Waals surface area contributed by atoms with Crippen LogP contribution in [-0.4, -0.2) is 21.8 Å². The van der Waals surface area contributed by atoms with Crippen molar-refractivity contribution in [1.82, 2.24) is 4.98 Å². The maximum atomic E-state index is 11.0. The molecule has 0 saturated carbocycles. The molecule has 0 aliphatic heterocycles. The maximum Gasteiger partial charge on any atom is 0.308 e. The summed E-state index contributed by atoms with van der Waals surface area (Å²) in [6, 6.07) is 0. The fraction of sp³-hybridized carbons (Fsp3) is 0.286. The van der Waals surface area contributed by atoms with E-state index in [4.69, 9.17) is 16.7 Å². The van der Waals surface area contributed by atoms with Crippen LogP contribution in [0.1, 0.15) is 22.3 Å². The van der Waals surface area contributed by atoms with Crippen molar-refractivity contribution in [3.8, 4) is 0 Å². The Kier molecular flexibility index (Phi) is 3.00. The molecule has 1 aromatic rings. The van der Waals surface area contributed by atoms with Crippen LogP contribution in [0.3, 0.4) is 0 Å². The first kappa shape index (κ1) is 10.1. The van der Waals surface area contributed by atoms with Crippen LogP contribution in [0.25, 0.3) is 0 Å². The molecule has 0 amide bonds. The SMILES string of the molecule is CC(=O)c1nc(Cl)sc1CC(=O)O. The number of halogens is 1. The lowest BCUT2D eigenvalue weighted by Crippen LogP contribution is -2.03. The zero-order chi connectivity index (χ0) is 10.0. The van der Waals surface area contributed by atoms with Crippen molar-refractivity contribution < 1.29 is 14.7 Å². The summed E-state index contributed by atoms with van der Waals surface area (Å²) in [7, 11) is 0. The largest absolute Gasteiger partial charge is 0.481 e. The van der Waals surface area contributed by atoms with E-state index in [1.165, 1.54) is 6.92 Å². The molecule has 0 saturated heterocycles. The Morgan fingerprint density at radius 3 is 2.69 bits per heavy atom. The van der Waals surface area contributed by atoms with Gasteiger partial charge in [0.15, 0.2) is 10.3 Å². The topological polar surface area (TPSA) is 67.3 Å². The second-order valence-electron chi connectivity index (χ2n) is 2.37. The minimum Gasteiger partial charge on any atom is -0.481 e. The quantitative estimate of drug-likeness (QED) is 0.785. The van der Waals surface area contributed by atoms with E-state index in [2.05, 4.69) is 4.98 Å². The van der Waals surface area contributed by atoms with Gasteiger partial charge in [-0.2, -0.15) is 0 Å². The third kappa shape index (κ3) is 2.50. The van der Waals surface area contributed by atoms with Gasteiger partial charge in [-0.05, 0) is 0 Å². The number of Topliss-reactive ketones (excluding diaryl/α,β-unsaturated/α-hetero) is 1. The first-order valence-corrected chi connectivity index (χ1v) is 4.58. The Morgan fingerprint density at radius 2 is 2.23 bits per heavy atom. The van der Waals surface area contributed by atoms with Crippen molar-refractivity contribution in [2.24, 2.45) is 0 Å². The number of carboxylic acid groups (broad SMARTS) is 1. The number of carbonyl (C=O) groups excluding carboxylic acids is 1. The predicted octanol–water partition coefficient (Wildman–Crippen LogP) is 1.63. The van der Waals surface area contributed by atoms with E-state index in [-0.39, 0.29) is 22.4 Å². The number of hydrogen-bond acceptors (Lipinski definition) is 4. The van der Waals surface area contributed by atoms with Gasteiger partial charge in [0.2, 0.25) is 0 Å². The molecule has 0 aliphatic rings. The van der Waals surface area contributed by atoms with Gasteiger partial charge in [-0.15, -0.1) is 11.3 Å². The van der Waals surface area contributed by atoms with Crippen molar-refractivity contribution in [2.45, 2.75) is 13.3 Å². The van der Waals surface area contributed by atoms with Crippen LogP contribution >= 0.6 is 22.9 Å². The minimum atomic E-state index is -0.997. The van der Waals surface area contributed by atoms with Gasteiger partial charge in [-0.25, -0.2) is 4.98 Å². The number of rotatable bonds is 3. The van der Waals surface area contributed by atoms with Crippen molar-refractivity contribution in [3.05, 3.63) is 15.0 Å². The maximum absolute atomic E-state index is 11.0. The molecule has 0 spiro atoms. The zero-order valence-corrected chi connectivity index (χ0v) is 8.28. The van der Waals surface area contributed by atoms with E-state index in [0.29, 0.717) is 4.88 Å². The molecule has 0 fully saturated rings. The lowest BCUT2D eigenvalue weighted by molar-refractivity contribution is -0.136. The third-order valence-corrected chi connectivity index (χ3v) is 2.48. The van der Waals surface area contributed by atoms with E-state index in [1.54, 1.807) is 0 Å². The van der Waals surface area contributed by atoms with Crippen molar-refractivity contribution >= 4 is 34.7 Å². The molecule has 1 aromatic heterocycles. The highest BCUT2D eigenvalue weighted by Crippen LogP contribution is 2.23. The normalized spacial score (nSPS) is 10.0. The molecule has 1 N–H and O–H groups in total. The smallest absolute Gasteiger partial charge is 0.308 e. The second kappa shape index (κ2) is 3.85. The van der Waals surface area contributed by atoms with Crippen LogP contribution < -0.4 is 0 Å². The van der Waals surface area contributed by atoms with E-state index >= 15 is 0 Å². The van der Waals surface area contributed by atoms with Gasteiger partial charge >= 0.3 is 5.97 Å². The number of aliphatic carboxylic acids is 1. The van der Waals surface area contributed by atoms with E-state index in [1.807, 2.05) is 0 Å². The molecule has 4 nitrogen and oxygen atoms in total. The molecule has 0 aromatic carbocycles. The molecular formula is C7H6ClNO3S. The van der Waals surface area contributed by atoms with Gasteiger partial charge in [-0.1, -0.05) is 11.6 Å². The monoisotopic (exact) mass is 219 g/mol. The summed E-state index contributed by atoms with van der Waals surface area (Å²) in [6.45, 7) is 1.33. The molecule has 0 radical (unpaired) electrons. The highest BCUT2D eigenvalue weighted by atomic mass is 35.5. The Morgan fingerprint density at radius 1 is 1.62 bits per heavy atom. The molecule has 0 aliphatic carbocycles. The number of nitrogens with zero attached hydrogens (tertiary/aromatic N) is 1. The minimum absolute atomic E-state index is 0.164. The highest BCUT2D eigenvalue weighted by Gasteiger charge is 2.16. The Hall–Kier alpha value is -0.940. The lowest BCUT2D eigenvalue weighted by atomic mass is 10.2. The summed E-state index contributed by atoms with van der Waals surface area (Å²) in [4.78, 5) is 25.5. The number of carboxylic acids is 1. The van der Waals surface area contributed by atoms with Crippen LogP contribution in [0.4, 0.5) is 0 Å². The van der Waals surface area contributed by atoms with E-state index in [0.717, 1.165) is 11.3 Å². The molecular weight excluding hydrogens is 214 g/mol. The number of thiazole rings is 1. The lowest BCUT2D eigenvalue weighted by Gasteiger charge is -1.92. The molecule has 13 heavy (non-hydrogen) atoms. The van der Waals surface area contributed by atoms with Crippen LogP contribution in [0, 0.1) is 0 Å². The molecule has 0 atom stereocenters. The van der Waals surface area contributed by atoms with Crippen LogP contribution in [-0.2, 0) is 11.2 Å². The van der Waals surface area contributed by atoms with Crippen LogP contribution in [0.5, 0.6) is 0 Å². The summed E-state index contributed by atoms with van der Waals surface area (Å²) in [6.07, 6.45) is -0.209. The summed E-state index contributed by atoms with van der Waals surface area (Å²) >= 11 is 6.58. The molecule has 1 heterocycles. The van der Waals surface area contributed by atoms with Gasteiger partial charge in [0.25, 0.3) is 0 Å². The highest BCUT2D eigenvalue weighted by molar-refractivity contribution is 7.16. The molecule has 1 rings (SSSR count). The molecule has 0 bridgehead atoms. The van der Waals surface area contributed by atoms with Crippen LogP contribution in [0.2, 0.25) is 4.47 Å². The van der Waals surface area contributed by atoms with Gasteiger partial charge in [0.05, 0.1) is 6.42 Å². The van der Waals surface area contributed by atoms with Crippen LogP contribution in [0.15, 0.2) is 0 Å². The molecule has 70 valence electrons. The number of aromatic nitrogens is 1. The molecule has 0 unspecified atom stereocenters. The Balaban J connectivity index is 3.04. The van der Waals surface area contributed by atoms with Crippen molar-refractivity contribution in [1.29, 1.82) is 0 Å². The number of carbonyl (C=O) groups is 2. The fourth-order valence-electron chi connectivity index (χ4n) is 0.855. The summed E-state index contributed by atoms with van der Waals surface area (Å²) in [5, 5.41) is 8.51. The van der Waals surface area contributed by atoms with E-state index in [9.17, 15) is 9.59 Å². The summed E-state index contributed by atoms with van der Waals surface area (Å²) < 4.78 is 0.196. The van der Waals surface area contributed by atoms with Gasteiger partial charge in [0.1, 0.15) is 5.69 Å². The standard InChI is InChI=1S/C7H6ClNO3S/c1-3(10)6-4(2-5(11)12)13-7(8)9-6/h2H2,1H3,(H,11,12). The Bertz CT molecular complexity index is 361. The predicted molar refractivity (Wildman–Crippen MR) is 48.5 cm³/mol. The number of ketones is 1. The van der Waals surface area contributed by atoms with Gasteiger partial charge in [0, 0.05) is 11.8 Å². The van der Waals surface area contributed by atoms with Crippen molar-refractivity contribution in [2.75, 3.05) is 0 Å². The van der Waals surface area contributed by atoms with Gasteiger partial charge in [-0.3, -0.25) is 9.59 Å². The molecule has 6 heteroatoms. The first-order valence-electron chi connectivity index (χ1n) is 3.38. The van der Waals surface area contributed by atoms with Crippen molar-refractivity contribution in [3.63, 3.8) is 0 Å². The van der Waals surface area contributed by atoms with Gasteiger partial charge < -0.3 is 5.11 Å². The summed E-state index contributed by atoms with van der Waals surface area (Å²) in [5.41, 5.74) is 0.164. The average molecular weight is 220 g/mol. The van der Waals surface area contributed by atoms with E-state index < -0.39 is 5.97 Å². The number of hydrogen-bond donors (Lipinski definition) is 1.